The van der Waals surface area contributed by atoms with Gasteiger partial charge >= 0.3 is 0 Å². The van der Waals surface area contributed by atoms with E-state index in [1.165, 1.54) is 12.4 Å². The second kappa shape index (κ2) is 3.55. The number of halogens is 1. The summed E-state index contributed by atoms with van der Waals surface area (Å²) in [7, 11) is 0. The number of nitrogens with one attached hydrogen (secondary N) is 1. The Labute approximate surface area is 85.5 Å². The minimum Gasteiger partial charge on any atom is -0.504 e. The highest BCUT2D eigenvalue weighted by atomic mass is 35.5. The molecule has 0 aliphatic heterocycles. The number of nitrogens with zero attached hydrogens (tertiary/aromatic N) is 1. The molecule has 6 heteroatoms. The number of nitrogen functional groups attached to an aromatic ring is 1. The van der Waals surface area contributed by atoms with Crippen LogP contribution in [0.25, 0.3) is 11.0 Å². The average molecular weight is 214 g/mol. The highest BCUT2D eigenvalue weighted by Gasteiger charge is 2.14. The van der Waals surface area contributed by atoms with Crippen molar-refractivity contribution in [3.63, 3.8) is 0 Å². The molecule has 0 aliphatic rings. The van der Waals surface area contributed by atoms with Gasteiger partial charge in [0, 0.05) is 6.20 Å². The SMILES string of the molecule is Cl.N=C(N)c1oc2cnccc2c1O. The van der Waals surface area contributed by atoms with Gasteiger partial charge in [0.1, 0.15) is 0 Å². The Balaban J connectivity index is 0.000000980. The van der Waals surface area contributed by atoms with Gasteiger partial charge in [-0.15, -0.1) is 12.4 Å². The molecular formula is C8H8ClN3O2. The number of furan rings is 1. The van der Waals surface area contributed by atoms with Gasteiger partial charge in [-0.05, 0) is 6.07 Å². The first kappa shape index (κ1) is 10.3. The molecule has 2 rings (SSSR count). The fourth-order valence-corrected chi connectivity index (χ4v) is 1.12. The van der Waals surface area contributed by atoms with Gasteiger partial charge in [-0.2, -0.15) is 0 Å². The Morgan fingerprint density at radius 1 is 1.57 bits per heavy atom. The summed E-state index contributed by atoms with van der Waals surface area (Å²) in [6.07, 6.45) is 2.99. The van der Waals surface area contributed by atoms with Crippen LogP contribution in [0.5, 0.6) is 5.75 Å². The Kier molecular flexibility index (Phi) is 2.62. The lowest BCUT2D eigenvalue weighted by atomic mass is 10.3. The van der Waals surface area contributed by atoms with Crippen LogP contribution >= 0.6 is 12.4 Å². The Morgan fingerprint density at radius 3 is 2.86 bits per heavy atom. The van der Waals surface area contributed by atoms with Gasteiger partial charge in [0.15, 0.2) is 17.2 Å². The standard InChI is InChI=1S/C8H7N3O2.ClH/c9-8(10)7-6(12)4-1-2-11-3-5(4)13-7;/h1-3,12H,(H3,9,10);1H. The zero-order valence-corrected chi connectivity index (χ0v) is 7.84. The number of aromatic hydroxyl groups is 1. The van der Waals surface area contributed by atoms with Crippen LogP contribution in [0, 0.1) is 5.41 Å². The molecule has 0 unspecified atom stereocenters. The summed E-state index contributed by atoms with van der Waals surface area (Å²) in [6, 6.07) is 1.60. The van der Waals surface area contributed by atoms with Crippen LogP contribution in [0.3, 0.4) is 0 Å². The molecule has 2 heterocycles. The van der Waals surface area contributed by atoms with Gasteiger partial charge in [0.25, 0.3) is 0 Å². The monoisotopic (exact) mass is 213 g/mol. The summed E-state index contributed by atoms with van der Waals surface area (Å²) >= 11 is 0. The minimum absolute atomic E-state index is 0. The molecule has 0 bridgehead atoms. The molecule has 0 atom stereocenters. The summed E-state index contributed by atoms with van der Waals surface area (Å²) in [6.45, 7) is 0. The molecule has 0 saturated heterocycles. The first-order chi connectivity index (χ1) is 6.20. The van der Waals surface area contributed by atoms with Crippen molar-refractivity contribution in [2.75, 3.05) is 0 Å². The molecule has 74 valence electrons. The maximum absolute atomic E-state index is 9.52. The highest BCUT2D eigenvalue weighted by molar-refractivity contribution is 6.01. The van der Waals surface area contributed by atoms with E-state index in [1.54, 1.807) is 6.07 Å². The zero-order valence-electron chi connectivity index (χ0n) is 7.02. The lowest BCUT2D eigenvalue weighted by Gasteiger charge is -1.90. The summed E-state index contributed by atoms with van der Waals surface area (Å²) in [5.74, 6) is -0.415. The van der Waals surface area contributed by atoms with Crippen molar-refractivity contribution in [3.05, 3.63) is 24.2 Å². The molecule has 2 aromatic heterocycles. The fraction of sp³-hybridized carbons (Fsp3) is 0. The molecule has 0 aliphatic carbocycles. The number of pyridine rings is 1. The number of nitrogens with two attached hydrogens (primary N) is 1. The number of amidine groups is 1. The Morgan fingerprint density at radius 2 is 2.29 bits per heavy atom. The van der Waals surface area contributed by atoms with Gasteiger partial charge in [0.2, 0.25) is 5.76 Å². The van der Waals surface area contributed by atoms with Crippen LogP contribution in [0.15, 0.2) is 22.9 Å². The predicted octanol–water partition coefficient (Wildman–Crippen LogP) is 1.24. The minimum atomic E-state index is -0.297. The van der Waals surface area contributed by atoms with Crippen LogP contribution in [-0.2, 0) is 0 Å². The molecule has 0 fully saturated rings. The van der Waals surface area contributed by atoms with Gasteiger partial charge < -0.3 is 15.3 Å². The fourth-order valence-electron chi connectivity index (χ4n) is 1.12. The zero-order chi connectivity index (χ0) is 9.42. The van der Waals surface area contributed by atoms with E-state index in [-0.39, 0.29) is 29.8 Å². The lowest BCUT2D eigenvalue weighted by Crippen LogP contribution is -2.09. The lowest BCUT2D eigenvalue weighted by molar-refractivity contribution is 0.460. The molecule has 4 N–H and O–H groups in total. The number of hydrogen-bond acceptors (Lipinski definition) is 4. The predicted molar refractivity (Wildman–Crippen MR) is 53.9 cm³/mol. The van der Waals surface area contributed by atoms with Crippen LogP contribution in [0.1, 0.15) is 5.76 Å². The number of rotatable bonds is 1. The maximum atomic E-state index is 9.52. The molecule has 0 radical (unpaired) electrons. The second-order valence-corrected chi connectivity index (χ2v) is 2.57. The summed E-state index contributed by atoms with van der Waals surface area (Å²) in [5, 5.41) is 17.1. The third-order valence-electron chi connectivity index (χ3n) is 1.71. The van der Waals surface area contributed by atoms with E-state index < -0.39 is 0 Å². The summed E-state index contributed by atoms with van der Waals surface area (Å²) in [5.41, 5.74) is 5.61. The van der Waals surface area contributed by atoms with E-state index in [9.17, 15) is 5.11 Å². The Hall–Kier alpha value is -1.75. The molecular weight excluding hydrogens is 206 g/mol. The number of aromatic nitrogens is 1. The topological polar surface area (TPSA) is 96.1 Å². The summed E-state index contributed by atoms with van der Waals surface area (Å²) < 4.78 is 5.10. The first-order valence-corrected chi connectivity index (χ1v) is 3.60. The summed E-state index contributed by atoms with van der Waals surface area (Å²) in [4.78, 5) is 3.81. The van der Waals surface area contributed by atoms with E-state index in [4.69, 9.17) is 15.6 Å². The molecule has 0 saturated carbocycles. The van der Waals surface area contributed by atoms with Crippen LogP contribution in [0.4, 0.5) is 0 Å². The third-order valence-corrected chi connectivity index (χ3v) is 1.71. The quantitative estimate of drug-likeness (QED) is 0.491. The van der Waals surface area contributed by atoms with Gasteiger partial charge in [-0.25, -0.2) is 0 Å². The second-order valence-electron chi connectivity index (χ2n) is 2.57. The van der Waals surface area contributed by atoms with E-state index in [1.807, 2.05) is 0 Å². The van der Waals surface area contributed by atoms with E-state index in [0.717, 1.165) is 0 Å². The Bertz CT molecular complexity index is 480. The van der Waals surface area contributed by atoms with Gasteiger partial charge in [-0.1, -0.05) is 0 Å². The van der Waals surface area contributed by atoms with E-state index in [0.29, 0.717) is 11.0 Å². The van der Waals surface area contributed by atoms with Crippen molar-refractivity contribution >= 4 is 29.2 Å². The van der Waals surface area contributed by atoms with Crippen molar-refractivity contribution in [1.82, 2.24) is 4.98 Å². The van der Waals surface area contributed by atoms with Gasteiger partial charge in [-0.3, -0.25) is 10.4 Å². The number of fused-ring (bicyclic) bond motifs is 1. The maximum Gasteiger partial charge on any atom is 0.211 e. The molecule has 2 aromatic rings. The molecule has 0 aromatic carbocycles. The largest absolute Gasteiger partial charge is 0.504 e. The van der Waals surface area contributed by atoms with Crippen LogP contribution < -0.4 is 5.73 Å². The van der Waals surface area contributed by atoms with Crippen molar-refractivity contribution in [1.29, 1.82) is 5.41 Å². The van der Waals surface area contributed by atoms with Crippen molar-refractivity contribution in [3.8, 4) is 5.75 Å². The van der Waals surface area contributed by atoms with Crippen molar-refractivity contribution < 1.29 is 9.52 Å². The van der Waals surface area contributed by atoms with Crippen LogP contribution in [0.2, 0.25) is 0 Å². The van der Waals surface area contributed by atoms with Crippen molar-refractivity contribution in [2.24, 2.45) is 5.73 Å². The molecule has 5 nitrogen and oxygen atoms in total. The van der Waals surface area contributed by atoms with E-state index >= 15 is 0 Å². The number of hydrogen-bond donors (Lipinski definition) is 3. The van der Waals surface area contributed by atoms with E-state index in [2.05, 4.69) is 4.98 Å². The van der Waals surface area contributed by atoms with Crippen molar-refractivity contribution in [2.45, 2.75) is 0 Å². The normalized spacial score (nSPS) is 9.71. The third kappa shape index (κ3) is 1.38. The van der Waals surface area contributed by atoms with Gasteiger partial charge in [0.05, 0.1) is 11.6 Å². The van der Waals surface area contributed by atoms with Crippen LogP contribution in [-0.4, -0.2) is 15.9 Å². The first-order valence-electron chi connectivity index (χ1n) is 3.60. The average Bonchev–Trinajstić information content (AvgIpc) is 2.45. The molecule has 0 amide bonds. The molecule has 0 spiro atoms. The molecule has 14 heavy (non-hydrogen) atoms. The highest BCUT2D eigenvalue weighted by Crippen LogP contribution is 2.30. The smallest absolute Gasteiger partial charge is 0.211 e.